The van der Waals surface area contributed by atoms with Gasteiger partial charge >= 0.3 is 0 Å². The summed E-state index contributed by atoms with van der Waals surface area (Å²) in [5, 5.41) is 15.5. The van der Waals surface area contributed by atoms with Gasteiger partial charge in [-0.2, -0.15) is 5.10 Å². The molecule has 1 unspecified atom stereocenters. The maximum Gasteiger partial charge on any atom is 0.192 e. The van der Waals surface area contributed by atoms with Crippen LogP contribution in [0.4, 0.5) is 0 Å². The second-order valence-electron chi connectivity index (χ2n) is 8.84. The standard InChI is InChI=1S/C25H27N5O2/c1-14-10-19-23(16-6-4-7-17(11-16)29-30-12-27-28-13-30)22(15(2)26-3)25(32)24(19)18-8-5-9-20(31)21(14)18/h10-13,23,26H,4-9H2,1-3H3. The first kappa shape index (κ1) is 20.5. The van der Waals surface area contributed by atoms with Crippen LogP contribution in [0.3, 0.4) is 0 Å². The molecular formula is C25H27N5O2. The maximum atomic E-state index is 13.8. The fraction of sp³-hybridized carbons (Fsp3) is 0.400. The topological polar surface area (TPSA) is 89.2 Å². The molecule has 0 aliphatic heterocycles. The van der Waals surface area contributed by atoms with Crippen molar-refractivity contribution in [3.8, 4) is 0 Å². The van der Waals surface area contributed by atoms with Crippen molar-refractivity contribution in [3.63, 3.8) is 0 Å². The largest absolute Gasteiger partial charge is 0.391 e. The van der Waals surface area contributed by atoms with Gasteiger partial charge in [0.05, 0.1) is 5.71 Å². The molecule has 0 radical (unpaired) electrons. The Balaban J connectivity index is 1.70. The van der Waals surface area contributed by atoms with E-state index >= 15 is 0 Å². The lowest BCUT2D eigenvalue weighted by molar-refractivity contribution is 0.0971. The predicted molar refractivity (Wildman–Crippen MR) is 122 cm³/mol. The molecule has 0 fully saturated rings. The summed E-state index contributed by atoms with van der Waals surface area (Å²) in [5.74, 6) is 0.114. The molecule has 5 rings (SSSR count). The monoisotopic (exact) mass is 429 g/mol. The maximum absolute atomic E-state index is 13.8. The van der Waals surface area contributed by atoms with E-state index < -0.39 is 0 Å². The van der Waals surface area contributed by atoms with Crippen LogP contribution in [-0.2, 0) is 6.42 Å². The van der Waals surface area contributed by atoms with Crippen molar-refractivity contribution in [2.45, 2.75) is 58.3 Å². The van der Waals surface area contributed by atoms with Crippen molar-refractivity contribution in [2.24, 2.45) is 5.10 Å². The number of fused-ring (bicyclic) bond motifs is 3. The number of hydrogen-bond donors (Lipinski definition) is 1. The first-order valence-electron chi connectivity index (χ1n) is 11.2. The van der Waals surface area contributed by atoms with Crippen LogP contribution in [0.1, 0.15) is 82.4 Å². The summed E-state index contributed by atoms with van der Waals surface area (Å²) >= 11 is 0. The van der Waals surface area contributed by atoms with E-state index in [1.807, 2.05) is 20.9 Å². The summed E-state index contributed by atoms with van der Waals surface area (Å²) in [4.78, 5) is 26.5. The summed E-state index contributed by atoms with van der Waals surface area (Å²) in [6.45, 7) is 3.97. The van der Waals surface area contributed by atoms with Crippen molar-refractivity contribution < 1.29 is 9.59 Å². The summed E-state index contributed by atoms with van der Waals surface area (Å²) in [6, 6.07) is 2.09. The Morgan fingerprint density at radius 3 is 2.59 bits per heavy atom. The van der Waals surface area contributed by atoms with E-state index in [9.17, 15) is 9.59 Å². The van der Waals surface area contributed by atoms with Gasteiger partial charge in [-0.1, -0.05) is 11.6 Å². The molecule has 0 amide bonds. The molecule has 1 aromatic carbocycles. The number of carbonyl (C=O) groups excluding carboxylic acids is 2. The molecule has 7 heteroatoms. The molecule has 1 atom stereocenters. The Morgan fingerprint density at radius 1 is 1.09 bits per heavy atom. The normalized spacial score (nSPS) is 23.2. The molecule has 1 N–H and O–H groups in total. The lowest BCUT2D eigenvalue weighted by atomic mass is 9.79. The van der Waals surface area contributed by atoms with E-state index in [0.717, 1.165) is 76.9 Å². The van der Waals surface area contributed by atoms with E-state index in [1.54, 1.807) is 17.3 Å². The molecule has 32 heavy (non-hydrogen) atoms. The predicted octanol–water partition coefficient (Wildman–Crippen LogP) is 3.89. The highest BCUT2D eigenvalue weighted by Crippen LogP contribution is 2.48. The Bertz CT molecular complexity index is 1220. The first-order chi connectivity index (χ1) is 15.5. The van der Waals surface area contributed by atoms with Crippen LogP contribution in [0.2, 0.25) is 0 Å². The van der Waals surface area contributed by atoms with Gasteiger partial charge in [0.15, 0.2) is 11.6 Å². The third-order valence-electron chi connectivity index (χ3n) is 6.89. The van der Waals surface area contributed by atoms with Crippen molar-refractivity contribution in [1.29, 1.82) is 0 Å². The van der Waals surface area contributed by atoms with E-state index in [0.29, 0.717) is 6.42 Å². The number of nitrogens with zero attached hydrogens (tertiary/aromatic N) is 4. The summed E-state index contributed by atoms with van der Waals surface area (Å²) in [5.41, 5.74) is 8.36. The fourth-order valence-electron chi connectivity index (χ4n) is 5.46. The van der Waals surface area contributed by atoms with Gasteiger partial charge in [-0.05, 0) is 68.7 Å². The molecule has 7 nitrogen and oxygen atoms in total. The van der Waals surface area contributed by atoms with E-state index in [1.165, 1.54) is 5.57 Å². The van der Waals surface area contributed by atoms with Crippen LogP contribution in [0.15, 0.2) is 46.7 Å². The minimum Gasteiger partial charge on any atom is -0.391 e. The Morgan fingerprint density at radius 2 is 1.84 bits per heavy atom. The number of aromatic nitrogens is 3. The molecule has 2 aromatic rings. The molecule has 1 aromatic heterocycles. The lowest BCUT2D eigenvalue weighted by Crippen LogP contribution is -2.17. The zero-order valence-corrected chi connectivity index (χ0v) is 18.7. The molecule has 0 spiro atoms. The Hall–Kier alpha value is -3.35. The molecular weight excluding hydrogens is 402 g/mol. The second-order valence-corrected chi connectivity index (χ2v) is 8.84. The zero-order valence-electron chi connectivity index (χ0n) is 18.7. The van der Waals surface area contributed by atoms with Gasteiger partial charge in [-0.3, -0.25) is 9.59 Å². The van der Waals surface area contributed by atoms with Gasteiger partial charge < -0.3 is 5.32 Å². The molecule has 1 heterocycles. The zero-order chi connectivity index (χ0) is 22.4. The quantitative estimate of drug-likeness (QED) is 0.748. The van der Waals surface area contributed by atoms with Crippen molar-refractivity contribution in [1.82, 2.24) is 20.2 Å². The van der Waals surface area contributed by atoms with Gasteiger partial charge in [0.2, 0.25) is 0 Å². The number of carbonyl (C=O) groups is 2. The van der Waals surface area contributed by atoms with E-state index in [2.05, 4.69) is 32.8 Å². The van der Waals surface area contributed by atoms with Gasteiger partial charge in [0.25, 0.3) is 0 Å². The third-order valence-corrected chi connectivity index (χ3v) is 6.89. The minimum atomic E-state index is -0.114. The lowest BCUT2D eigenvalue weighted by Gasteiger charge is -2.24. The molecule has 3 aliphatic rings. The van der Waals surface area contributed by atoms with E-state index in [-0.39, 0.29) is 17.5 Å². The number of hydrogen-bond acceptors (Lipinski definition) is 6. The summed E-state index contributed by atoms with van der Waals surface area (Å²) in [6.07, 6.45) is 10.2. The number of nitrogens with one attached hydrogen (secondary N) is 1. The number of aryl methyl sites for hydroxylation is 1. The third kappa shape index (κ3) is 3.23. The number of ketones is 2. The van der Waals surface area contributed by atoms with Crippen LogP contribution < -0.4 is 5.32 Å². The highest BCUT2D eigenvalue weighted by atomic mass is 16.1. The van der Waals surface area contributed by atoms with Gasteiger partial charge in [0.1, 0.15) is 12.7 Å². The number of allylic oxidation sites excluding steroid dienone is 4. The van der Waals surface area contributed by atoms with Crippen LogP contribution in [-0.4, -0.2) is 39.2 Å². The highest BCUT2D eigenvalue weighted by Gasteiger charge is 2.42. The number of rotatable bonds is 3. The van der Waals surface area contributed by atoms with Crippen LogP contribution in [0.5, 0.6) is 0 Å². The molecule has 0 saturated carbocycles. The van der Waals surface area contributed by atoms with Gasteiger partial charge in [0, 0.05) is 41.8 Å². The van der Waals surface area contributed by atoms with Crippen LogP contribution in [0.25, 0.3) is 0 Å². The number of benzene rings is 1. The SMILES string of the molecule is CNC(C)=C1C(=O)c2c(cc(C)c3c2CCCC3=O)C1C1=CC(=Nn2cnnc2)CCC1. The van der Waals surface area contributed by atoms with Crippen LogP contribution >= 0.6 is 0 Å². The average molecular weight is 430 g/mol. The number of Topliss-reactive ketones (excluding diaryl/α,β-unsaturated/α-hetero) is 2. The average Bonchev–Trinajstić information content (AvgIpc) is 3.39. The molecule has 0 saturated heterocycles. The molecule has 0 bridgehead atoms. The summed E-state index contributed by atoms with van der Waals surface area (Å²) < 4.78 is 1.62. The molecule has 3 aliphatic carbocycles. The molecule has 164 valence electrons. The van der Waals surface area contributed by atoms with Gasteiger partial charge in [-0.15, -0.1) is 10.2 Å². The Kier molecular flexibility index (Phi) is 5.12. The van der Waals surface area contributed by atoms with Crippen molar-refractivity contribution in [3.05, 3.63) is 69.5 Å². The second kappa shape index (κ2) is 7.97. The van der Waals surface area contributed by atoms with Gasteiger partial charge in [-0.25, -0.2) is 4.68 Å². The highest BCUT2D eigenvalue weighted by molar-refractivity contribution is 6.18. The van der Waals surface area contributed by atoms with E-state index in [4.69, 9.17) is 0 Å². The summed E-state index contributed by atoms with van der Waals surface area (Å²) in [7, 11) is 1.86. The van der Waals surface area contributed by atoms with Crippen molar-refractivity contribution >= 4 is 17.3 Å². The smallest absolute Gasteiger partial charge is 0.192 e. The van der Waals surface area contributed by atoms with Crippen LogP contribution in [0, 0.1) is 6.92 Å². The van der Waals surface area contributed by atoms with Crippen molar-refractivity contribution in [2.75, 3.05) is 7.05 Å². The minimum absolute atomic E-state index is 0.0616. The first-order valence-corrected chi connectivity index (χ1v) is 11.2. The fourth-order valence-corrected chi connectivity index (χ4v) is 5.46. The Labute approximate surface area is 187 Å².